The average Bonchev–Trinajstić information content (AvgIpc) is 2.69. The van der Waals surface area contributed by atoms with Crippen LogP contribution in [-0.4, -0.2) is 28.8 Å². The van der Waals surface area contributed by atoms with Crippen molar-refractivity contribution in [3.05, 3.63) is 68.7 Å². The molecule has 0 aromatic heterocycles. The van der Waals surface area contributed by atoms with E-state index in [1.54, 1.807) is 30.0 Å². The molecule has 4 nitrogen and oxygen atoms in total. The molecule has 0 saturated carbocycles. The highest BCUT2D eigenvalue weighted by molar-refractivity contribution is 6.36. The Morgan fingerprint density at radius 2 is 1.67 bits per heavy atom. The normalized spacial score (nSPS) is 12.9. The number of aryl methyl sites for hydroxylation is 2. The summed E-state index contributed by atoms with van der Waals surface area (Å²) < 4.78 is 0. The number of halogens is 2. The highest BCUT2D eigenvalue weighted by Crippen LogP contribution is 2.27. The molecule has 0 bridgehead atoms. The lowest BCUT2D eigenvalue weighted by Crippen LogP contribution is -2.50. The number of hydrogen-bond donors (Lipinski definition) is 1. The third-order valence-corrected chi connectivity index (χ3v) is 6.19. The Morgan fingerprint density at radius 3 is 2.23 bits per heavy atom. The highest BCUT2D eigenvalue weighted by Gasteiger charge is 2.28. The van der Waals surface area contributed by atoms with Gasteiger partial charge in [-0.2, -0.15) is 0 Å². The van der Waals surface area contributed by atoms with Crippen molar-refractivity contribution in [1.29, 1.82) is 0 Å². The molecule has 0 radical (unpaired) electrons. The molecule has 0 aliphatic heterocycles. The minimum atomic E-state index is -0.662. The Balaban J connectivity index is 2.32. The molecule has 6 heteroatoms. The van der Waals surface area contributed by atoms with Crippen molar-refractivity contribution >= 4 is 35.0 Å². The predicted octanol–water partition coefficient (Wildman–Crippen LogP) is 5.48. The molecule has 0 unspecified atom stereocenters. The molecular weight excluding hydrogens is 419 g/mol. The summed E-state index contributed by atoms with van der Waals surface area (Å²) in [5, 5.41) is 3.91. The quantitative estimate of drug-likeness (QED) is 0.580. The van der Waals surface area contributed by atoms with Crippen molar-refractivity contribution in [2.24, 2.45) is 0 Å². The second-order valence-corrected chi connectivity index (χ2v) is 8.63. The van der Waals surface area contributed by atoms with Gasteiger partial charge < -0.3 is 10.2 Å². The van der Waals surface area contributed by atoms with Crippen LogP contribution in [0.1, 0.15) is 49.4 Å². The maximum atomic E-state index is 13.3. The monoisotopic (exact) mass is 448 g/mol. The van der Waals surface area contributed by atoms with Crippen LogP contribution in [0.25, 0.3) is 0 Å². The molecular formula is C24H30Cl2N2O2. The summed E-state index contributed by atoms with van der Waals surface area (Å²) in [6, 6.07) is 10.6. The van der Waals surface area contributed by atoms with Crippen molar-refractivity contribution in [3.8, 4) is 0 Å². The maximum absolute atomic E-state index is 13.3. The zero-order valence-corrected chi connectivity index (χ0v) is 19.8. The molecule has 0 saturated heterocycles. The minimum Gasteiger partial charge on any atom is -0.352 e. The molecule has 2 atom stereocenters. The molecule has 0 fully saturated rings. The van der Waals surface area contributed by atoms with Gasteiger partial charge in [-0.05, 0) is 62.9 Å². The lowest BCUT2D eigenvalue weighted by molar-refractivity contribution is -0.140. The molecule has 0 heterocycles. The van der Waals surface area contributed by atoms with Crippen molar-refractivity contribution in [2.75, 3.05) is 0 Å². The number of nitrogens with zero attached hydrogens (tertiary/aromatic N) is 1. The van der Waals surface area contributed by atoms with Crippen LogP contribution >= 0.6 is 23.2 Å². The van der Waals surface area contributed by atoms with Gasteiger partial charge in [0.1, 0.15) is 6.04 Å². The number of benzene rings is 2. The van der Waals surface area contributed by atoms with Crippen LogP contribution in [-0.2, 0) is 22.6 Å². The largest absolute Gasteiger partial charge is 0.352 e. The van der Waals surface area contributed by atoms with Gasteiger partial charge in [-0.1, -0.05) is 54.4 Å². The van der Waals surface area contributed by atoms with E-state index in [1.165, 1.54) is 5.56 Å². The van der Waals surface area contributed by atoms with E-state index in [4.69, 9.17) is 23.2 Å². The molecule has 0 spiro atoms. The molecule has 2 aromatic rings. The zero-order valence-electron chi connectivity index (χ0n) is 18.3. The molecule has 2 aromatic carbocycles. The van der Waals surface area contributed by atoms with E-state index >= 15 is 0 Å². The van der Waals surface area contributed by atoms with Gasteiger partial charge in [-0.25, -0.2) is 0 Å². The second-order valence-electron chi connectivity index (χ2n) is 7.81. The Hall–Kier alpha value is -2.04. The van der Waals surface area contributed by atoms with Crippen LogP contribution < -0.4 is 5.32 Å². The number of carbonyl (C=O) groups excluding carboxylic acids is 2. The van der Waals surface area contributed by atoms with Crippen LogP contribution in [0, 0.1) is 13.8 Å². The Morgan fingerprint density at radius 1 is 1.03 bits per heavy atom. The third kappa shape index (κ3) is 6.23. The first-order valence-electron chi connectivity index (χ1n) is 10.2. The third-order valence-electron chi connectivity index (χ3n) is 5.49. The van der Waals surface area contributed by atoms with Crippen LogP contribution in [0.4, 0.5) is 0 Å². The first-order chi connectivity index (χ1) is 14.1. The lowest BCUT2D eigenvalue weighted by Gasteiger charge is -2.30. The van der Waals surface area contributed by atoms with E-state index in [0.29, 0.717) is 15.6 Å². The number of rotatable bonds is 8. The van der Waals surface area contributed by atoms with Gasteiger partial charge in [0.05, 0.1) is 6.42 Å². The summed E-state index contributed by atoms with van der Waals surface area (Å²) in [6.07, 6.45) is 1.01. The first-order valence-corrected chi connectivity index (χ1v) is 11.0. The summed E-state index contributed by atoms with van der Waals surface area (Å²) in [4.78, 5) is 27.7. The lowest BCUT2D eigenvalue weighted by atomic mass is 10.0. The van der Waals surface area contributed by atoms with Crippen LogP contribution in [0.2, 0.25) is 10.0 Å². The molecule has 2 rings (SSSR count). The summed E-state index contributed by atoms with van der Waals surface area (Å²) in [5.41, 5.74) is 3.85. The topological polar surface area (TPSA) is 49.4 Å². The van der Waals surface area contributed by atoms with Gasteiger partial charge in [0.2, 0.25) is 11.8 Å². The van der Waals surface area contributed by atoms with Gasteiger partial charge >= 0.3 is 0 Å². The molecule has 162 valence electrons. The number of amides is 2. The van der Waals surface area contributed by atoms with Crippen LogP contribution in [0.3, 0.4) is 0 Å². The summed E-state index contributed by atoms with van der Waals surface area (Å²) in [5.74, 6) is -0.345. The zero-order chi connectivity index (χ0) is 22.4. The van der Waals surface area contributed by atoms with E-state index in [1.807, 2.05) is 45.9 Å². The number of hydrogen-bond acceptors (Lipinski definition) is 2. The number of carbonyl (C=O) groups is 2. The van der Waals surface area contributed by atoms with Gasteiger partial charge in [-0.15, -0.1) is 0 Å². The van der Waals surface area contributed by atoms with E-state index in [-0.39, 0.29) is 30.8 Å². The Labute approximate surface area is 189 Å². The maximum Gasteiger partial charge on any atom is 0.242 e. The molecule has 30 heavy (non-hydrogen) atoms. The standard InChI is InChI=1S/C24H30Cl2N2O2/c1-6-17(4)27-24(30)18(5)28(14-20-21(25)8-7-9-22(20)26)23(29)13-19-11-10-15(2)16(3)12-19/h7-12,17-18H,6,13-14H2,1-5H3,(H,27,30)/t17-,18-/m0/s1. The molecule has 0 aliphatic rings. The Kier molecular flexibility index (Phi) is 8.75. The minimum absolute atomic E-state index is 0.0283. The summed E-state index contributed by atoms with van der Waals surface area (Å²) in [7, 11) is 0. The van der Waals surface area contributed by atoms with Crippen molar-refractivity contribution in [1.82, 2.24) is 10.2 Å². The van der Waals surface area contributed by atoms with E-state index in [9.17, 15) is 9.59 Å². The fraction of sp³-hybridized carbons (Fsp3) is 0.417. The highest BCUT2D eigenvalue weighted by atomic mass is 35.5. The SMILES string of the molecule is CC[C@H](C)NC(=O)[C@H](C)N(Cc1c(Cl)cccc1Cl)C(=O)Cc1ccc(C)c(C)c1. The molecule has 0 aliphatic carbocycles. The van der Waals surface area contributed by atoms with Crippen LogP contribution in [0.5, 0.6) is 0 Å². The average molecular weight is 449 g/mol. The number of nitrogens with one attached hydrogen (secondary N) is 1. The van der Waals surface area contributed by atoms with Gasteiger partial charge in [0.15, 0.2) is 0 Å². The van der Waals surface area contributed by atoms with E-state index in [0.717, 1.165) is 17.5 Å². The fourth-order valence-electron chi connectivity index (χ4n) is 3.09. The van der Waals surface area contributed by atoms with Crippen molar-refractivity contribution < 1.29 is 9.59 Å². The van der Waals surface area contributed by atoms with E-state index in [2.05, 4.69) is 5.32 Å². The predicted molar refractivity (Wildman–Crippen MR) is 124 cm³/mol. The van der Waals surface area contributed by atoms with Gasteiger partial charge in [0, 0.05) is 28.2 Å². The second kappa shape index (κ2) is 10.8. The summed E-state index contributed by atoms with van der Waals surface area (Å²) >= 11 is 12.7. The van der Waals surface area contributed by atoms with Gasteiger partial charge in [-0.3, -0.25) is 9.59 Å². The van der Waals surface area contributed by atoms with Crippen molar-refractivity contribution in [2.45, 2.75) is 66.1 Å². The summed E-state index contributed by atoms with van der Waals surface area (Å²) in [6.45, 7) is 9.90. The fourth-order valence-corrected chi connectivity index (χ4v) is 3.61. The van der Waals surface area contributed by atoms with Crippen LogP contribution in [0.15, 0.2) is 36.4 Å². The molecule has 2 amide bonds. The first kappa shape index (κ1) is 24.2. The van der Waals surface area contributed by atoms with E-state index < -0.39 is 6.04 Å². The van der Waals surface area contributed by atoms with Gasteiger partial charge in [0.25, 0.3) is 0 Å². The Bertz CT molecular complexity index is 894. The van der Waals surface area contributed by atoms with Crippen molar-refractivity contribution in [3.63, 3.8) is 0 Å². The molecule has 1 N–H and O–H groups in total. The smallest absolute Gasteiger partial charge is 0.242 e.